The number of aryl methyl sites for hydroxylation is 2. The number of pyridine rings is 1. The number of carbonyl (C=O) groups excluding carboxylic acids is 1. The smallest absolute Gasteiger partial charge is 0.256 e. The first-order chi connectivity index (χ1) is 13.9. The molecule has 0 aliphatic carbocycles. The lowest BCUT2D eigenvalue weighted by atomic mass is 10.1. The minimum Gasteiger partial charge on any atom is -0.467 e. The lowest BCUT2D eigenvalue weighted by Gasteiger charge is -2.22. The van der Waals surface area contributed by atoms with Gasteiger partial charge in [0.1, 0.15) is 5.76 Å². The van der Waals surface area contributed by atoms with E-state index < -0.39 is 0 Å². The Labute approximate surface area is 173 Å². The van der Waals surface area contributed by atoms with Gasteiger partial charge in [0.05, 0.1) is 36.8 Å². The summed E-state index contributed by atoms with van der Waals surface area (Å²) in [5.41, 5.74) is 2.11. The van der Waals surface area contributed by atoms with Crippen LogP contribution in [-0.2, 0) is 13.1 Å². The number of thiophene rings is 1. The number of nitrogens with zero attached hydrogens (tertiary/aromatic N) is 4. The molecular formula is C22H24N4O2S. The van der Waals surface area contributed by atoms with E-state index in [2.05, 4.69) is 38.0 Å². The number of fused-ring (bicyclic) bond motifs is 1. The second kappa shape index (κ2) is 7.83. The van der Waals surface area contributed by atoms with Crippen LogP contribution in [0.1, 0.15) is 51.5 Å². The monoisotopic (exact) mass is 408 g/mol. The highest BCUT2D eigenvalue weighted by molar-refractivity contribution is 7.11. The molecule has 1 amide bonds. The molecule has 29 heavy (non-hydrogen) atoms. The summed E-state index contributed by atoms with van der Waals surface area (Å²) in [4.78, 5) is 22.4. The zero-order chi connectivity index (χ0) is 20.5. The standard InChI is InChI=1S/C22H24N4O2S/c1-14(2)26-21-17(11-23-26)10-20(16(4)24-21)22(27)25(12-18-6-5-9-28-18)13-19-8-7-15(3)29-19/h5-11,14H,12-13H2,1-4H3. The van der Waals surface area contributed by atoms with Gasteiger partial charge < -0.3 is 9.32 Å². The van der Waals surface area contributed by atoms with Gasteiger partial charge in [-0.2, -0.15) is 5.10 Å². The molecule has 4 heterocycles. The van der Waals surface area contributed by atoms with Gasteiger partial charge >= 0.3 is 0 Å². The first-order valence-corrected chi connectivity index (χ1v) is 10.5. The molecule has 0 N–H and O–H groups in total. The topological polar surface area (TPSA) is 64.2 Å². The molecule has 0 radical (unpaired) electrons. The number of furan rings is 1. The summed E-state index contributed by atoms with van der Waals surface area (Å²) in [5.74, 6) is 0.697. The second-order valence-corrected chi connectivity index (χ2v) is 8.84. The molecule has 0 unspecified atom stereocenters. The van der Waals surface area contributed by atoms with E-state index in [0.717, 1.165) is 21.7 Å². The van der Waals surface area contributed by atoms with Gasteiger partial charge in [-0.25, -0.2) is 9.67 Å². The molecule has 0 spiro atoms. The van der Waals surface area contributed by atoms with Crippen LogP contribution in [0.4, 0.5) is 0 Å². The largest absolute Gasteiger partial charge is 0.467 e. The number of amides is 1. The molecule has 0 saturated carbocycles. The van der Waals surface area contributed by atoms with Gasteiger partial charge in [-0.15, -0.1) is 11.3 Å². The molecule has 0 atom stereocenters. The van der Waals surface area contributed by atoms with Crippen LogP contribution in [0.2, 0.25) is 0 Å². The number of hydrogen-bond acceptors (Lipinski definition) is 5. The van der Waals surface area contributed by atoms with Crippen LogP contribution < -0.4 is 0 Å². The Morgan fingerprint density at radius 2 is 2.07 bits per heavy atom. The Morgan fingerprint density at radius 3 is 2.72 bits per heavy atom. The van der Waals surface area contributed by atoms with E-state index in [1.807, 2.05) is 34.7 Å². The summed E-state index contributed by atoms with van der Waals surface area (Å²) in [6.07, 6.45) is 3.41. The fourth-order valence-electron chi connectivity index (χ4n) is 3.38. The molecule has 4 aromatic heterocycles. The number of aromatic nitrogens is 3. The fourth-order valence-corrected chi connectivity index (χ4v) is 4.28. The van der Waals surface area contributed by atoms with Crippen LogP contribution in [0.5, 0.6) is 0 Å². The Balaban J connectivity index is 1.70. The van der Waals surface area contributed by atoms with Crippen molar-refractivity contribution in [3.05, 3.63) is 69.6 Å². The van der Waals surface area contributed by atoms with Gasteiger partial charge in [0.2, 0.25) is 0 Å². The van der Waals surface area contributed by atoms with Crippen LogP contribution in [0, 0.1) is 13.8 Å². The van der Waals surface area contributed by atoms with Gasteiger partial charge in [0.25, 0.3) is 5.91 Å². The van der Waals surface area contributed by atoms with E-state index in [-0.39, 0.29) is 11.9 Å². The maximum absolute atomic E-state index is 13.5. The second-order valence-electron chi connectivity index (χ2n) is 7.47. The van der Waals surface area contributed by atoms with E-state index in [1.54, 1.807) is 23.8 Å². The van der Waals surface area contributed by atoms with Crippen molar-refractivity contribution in [2.24, 2.45) is 0 Å². The minimum absolute atomic E-state index is 0.0587. The van der Waals surface area contributed by atoms with Crippen LogP contribution in [0.3, 0.4) is 0 Å². The minimum atomic E-state index is -0.0587. The van der Waals surface area contributed by atoms with E-state index in [1.165, 1.54) is 4.88 Å². The summed E-state index contributed by atoms with van der Waals surface area (Å²) in [7, 11) is 0. The highest BCUT2D eigenvalue weighted by Crippen LogP contribution is 2.24. The molecule has 6 nitrogen and oxygen atoms in total. The summed E-state index contributed by atoms with van der Waals surface area (Å²) in [5, 5.41) is 5.30. The van der Waals surface area contributed by atoms with Crippen molar-refractivity contribution in [2.45, 2.75) is 46.8 Å². The normalized spacial score (nSPS) is 11.5. The zero-order valence-corrected chi connectivity index (χ0v) is 17.9. The van der Waals surface area contributed by atoms with Crippen molar-refractivity contribution in [1.29, 1.82) is 0 Å². The van der Waals surface area contributed by atoms with E-state index in [4.69, 9.17) is 9.40 Å². The first-order valence-electron chi connectivity index (χ1n) is 9.64. The Kier molecular flexibility index (Phi) is 5.24. The summed E-state index contributed by atoms with van der Waals surface area (Å²) in [6.45, 7) is 9.02. The number of rotatable bonds is 6. The lowest BCUT2D eigenvalue weighted by molar-refractivity contribution is 0.0718. The molecule has 0 saturated heterocycles. The number of hydrogen-bond donors (Lipinski definition) is 0. The van der Waals surface area contributed by atoms with Gasteiger partial charge in [0.15, 0.2) is 5.65 Å². The van der Waals surface area contributed by atoms with Gasteiger partial charge in [-0.05, 0) is 58.0 Å². The third-order valence-corrected chi connectivity index (χ3v) is 5.82. The van der Waals surface area contributed by atoms with E-state index in [0.29, 0.717) is 24.3 Å². The van der Waals surface area contributed by atoms with Crippen LogP contribution >= 0.6 is 11.3 Å². The third kappa shape index (κ3) is 3.96. The van der Waals surface area contributed by atoms with Crippen LogP contribution in [0.15, 0.2) is 47.2 Å². The zero-order valence-electron chi connectivity index (χ0n) is 17.0. The Morgan fingerprint density at radius 1 is 1.24 bits per heavy atom. The van der Waals surface area contributed by atoms with E-state index >= 15 is 0 Å². The molecule has 4 aromatic rings. The Bertz CT molecular complexity index is 1140. The maximum atomic E-state index is 13.5. The Hall–Kier alpha value is -2.93. The molecular weight excluding hydrogens is 384 g/mol. The molecule has 0 fully saturated rings. The van der Waals surface area contributed by atoms with Crippen LogP contribution in [-0.4, -0.2) is 25.6 Å². The molecule has 0 aliphatic heterocycles. The molecule has 4 rings (SSSR count). The molecule has 0 bridgehead atoms. The van der Waals surface area contributed by atoms with Gasteiger partial charge in [0, 0.05) is 21.2 Å². The van der Waals surface area contributed by atoms with Crippen molar-refractivity contribution >= 4 is 28.3 Å². The molecule has 0 aliphatic rings. The quantitative estimate of drug-likeness (QED) is 0.444. The average Bonchev–Trinajstić information content (AvgIpc) is 3.41. The molecule has 0 aromatic carbocycles. The van der Waals surface area contributed by atoms with Crippen molar-refractivity contribution in [3.8, 4) is 0 Å². The fraction of sp³-hybridized carbons (Fsp3) is 0.318. The van der Waals surface area contributed by atoms with Crippen molar-refractivity contribution in [2.75, 3.05) is 0 Å². The summed E-state index contributed by atoms with van der Waals surface area (Å²) < 4.78 is 7.38. The number of carbonyl (C=O) groups is 1. The van der Waals surface area contributed by atoms with Gasteiger partial charge in [-0.1, -0.05) is 0 Å². The molecule has 150 valence electrons. The SMILES string of the molecule is Cc1ccc(CN(Cc2ccco2)C(=O)c2cc3cnn(C(C)C)c3nc2C)s1. The summed E-state index contributed by atoms with van der Waals surface area (Å²) in [6, 6.07) is 9.99. The van der Waals surface area contributed by atoms with Crippen molar-refractivity contribution < 1.29 is 9.21 Å². The van der Waals surface area contributed by atoms with Crippen molar-refractivity contribution in [3.63, 3.8) is 0 Å². The maximum Gasteiger partial charge on any atom is 0.256 e. The first kappa shape index (κ1) is 19.4. The van der Waals surface area contributed by atoms with Crippen LogP contribution in [0.25, 0.3) is 11.0 Å². The van der Waals surface area contributed by atoms with Gasteiger partial charge in [-0.3, -0.25) is 4.79 Å². The van der Waals surface area contributed by atoms with E-state index in [9.17, 15) is 4.79 Å². The predicted octanol–water partition coefficient (Wildman–Crippen LogP) is 5.13. The predicted molar refractivity (Wildman–Crippen MR) is 114 cm³/mol. The lowest BCUT2D eigenvalue weighted by Crippen LogP contribution is -2.30. The van der Waals surface area contributed by atoms with Crippen molar-refractivity contribution in [1.82, 2.24) is 19.7 Å². The molecule has 7 heteroatoms. The summed E-state index contributed by atoms with van der Waals surface area (Å²) >= 11 is 1.70. The highest BCUT2D eigenvalue weighted by Gasteiger charge is 2.22. The highest BCUT2D eigenvalue weighted by atomic mass is 32.1. The third-order valence-electron chi connectivity index (χ3n) is 4.84. The average molecular weight is 409 g/mol.